The fourth-order valence-electron chi connectivity index (χ4n) is 1.53. The molecule has 2 heterocycles. The number of aryl methyl sites for hydroxylation is 1. The Kier molecular flexibility index (Phi) is 2.28. The normalized spacial score (nSPS) is 17.6. The van der Waals surface area contributed by atoms with Crippen LogP contribution in [0.5, 0.6) is 0 Å². The molecule has 0 saturated heterocycles. The van der Waals surface area contributed by atoms with Gasteiger partial charge in [0.25, 0.3) is 0 Å². The van der Waals surface area contributed by atoms with Crippen molar-refractivity contribution in [2.75, 3.05) is 13.1 Å². The molecule has 0 atom stereocenters. The fraction of sp³-hybridized carbons (Fsp3) is 0.400. The van der Waals surface area contributed by atoms with Gasteiger partial charge in [0.1, 0.15) is 0 Å². The van der Waals surface area contributed by atoms with Gasteiger partial charge >= 0.3 is 0 Å². The van der Waals surface area contributed by atoms with Gasteiger partial charge in [0.15, 0.2) is 0 Å². The molecule has 0 bridgehead atoms. The van der Waals surface area contributed by atoms with Gasteiger partial charge in [0.05, 0.1) is 0 Å². The van der Waals surface area contributed by atoms with Crippen molar-refractivity contribution < 1.29 is 0 Å². The first-order valence-electron chi connectivity index (χ1n) is 4.32. The van der Waals surface area contributed by atoms with Crippen LogP contribution in [0.15, 0.2) is 17.5 Å². The Bertz CT molecular complexity index is 299. The van der Waals surface area contributed by atoms with Crippen LogP contribution in [0, 0.1) is 6.92 Å². The van der Waals surface area contributed by atoms with Gasteiger partial charge in [-0.1, -0.05) is 6.08 Å². The third-order valence-corrected chi connectivity index (χ3v) is 3.31. The molecule has 2 heteroatoms. The van der Waals surface area contributed by atoms with Crippen LogP contribution in [-0.2, 0) is 0 Å². The summed E-state index contributed by atoms with van der Waals surface area (Å²) in [5.41, 5.74) is 2.95. The molecule has 64 valence electrons. The lowest BCUT2D eigenvalue weighted by atomic mass is 10.1. The molecule has 12 heavy (non-hydrogen) atoms. The minimum Gasteiger partial charge on any atom is -0.313 e. The van der Waals surface area contributed by atoms with Gasteiger partial charge in [-0.05, 0) is 42.5 Å². The van der Waals surface area contributed by atoms with E-state index < -0.39 is 0 Å². The molecular formula is C10H13NS. The van der Waals surface area contributed by atoms with Crippen molar-refractivity contribution in [3.63, 3.8) is 0 Å². The third kappa shape index (κ3) is 1.45. The van der Waals surface area contributed by atoms with Gasteiger partial charge in [0, 0.05) is 11.4 Å². The SMILES string of the molecule is Cc1ccsc1C1=CCNCC1. The van der Waals surface area contributed by atoms with Gasteiger partial charge in [-0.25, -0.2) is 0 Å². The van der Waals surface area contributed by atoms with Crippen molar-refractivity contribution in [1.82, 2.24) is 5.32 Å². The molecule has 0 amide bonds. The molecule has 1 aromatic rings. The Hall–Kier alpha value is -0.600. The lowest BCUT2D eigenvalue weighted by Crippen LogP contribution is -2.19. The first kappa shape index (κ1) is 8.02. The largest absolute Gasteiger partial charge is 0.313 e. The van der Waals surface area contributed by atoms with Crippen LogP contribution in [0.25, 0.3) is 5.57 Å². The Balaban J connectivity index is 2.29. The molecule has 0 aromatic carbocycles. The molecule has 0 unspecified atom stereocenters. The number of thiophene rings is 1. The molecule has 0 fully saturated rings. The van der Waals surface area contributed by atoms with E-state index in [9.17, 15) is 0 Å². The summed E-state index contributed by atoms with van der Waals surface area (Å²) in [7, 11) is 0. The Morgan fingerprint density at radius 1 is 1.50 bits per heavy atom. The monoisotopic (exact) mass is 179 g/mol. The summed E-state index contributed by atoms with van der Waals surface area (Å²) in [5, 5.41) is 5.50. The van der Waals surface area contributed by atoms with Crippen molar-refractivity contribution in [3.8, 4) is 0 Å². The molecule has 0 aliphatic carbocycles. The van der Waals surface area contributed by atoms with Gasteiger partial charge in [-0.15, -0.1) is 11.3 Å². The zero-order chi connectivity index (χ0) is 8.39. The lowest BCUT2D eigenvalue weighted by Gasteiger charge is -2.13. The average molecular weight is 179 g/mol. The molecule has 0 spiro atoms. The fourth-order valence-corrected chi connectivity index (χ4v) is 2.53. The van der Waals surface area contributed by atoms with Gasteiger partial charge in [-0.3, -0.25) is 0 Å². The molecule has 1 N–H and O–H groups in total. The molecule has 2 rings (SSSR count). The van der Waals surface area contributed by atoms with Crippen LogP contribution in [0.2, 0.25) is 0 Å². The highest BCUT2D eigenvalue weighted by molar-refractivity contribution is 7.11. The van der Waals surface area contributed by atoms with E-state index in [1.54, 1.807) is 0 Å². The second-order valence-corrected chi connectivity index (χ2v) is 4.03. The molecule has 0 radical (unpaired) electrons. The smallest absolute Gasteiger partial charge is 0.0329 e. The molecule has 0 saturated carbocycles. The highest BCUT2D eigenvalue weighted by atomic mass is 32.1. The molecular weight excluding hydrogens is 166 g/mol. The lowest BCUT2D eigenvalue weighted by molar-refractivity contribution is 0.739. The maximum Gasteiger partial charge on any atom is 0.0329 e. The number of rotatable bonds is 1. The quantitative estimate of drug-likeness (QED) is 0.698. The average Bonchev–Trinajstić information content (AvgIpc) is 2.53. The Labute approximate surface area is 77.1 Å². The maximum absolute atomic E-state index is 3.32. The Morgan fingerprint density at radius 2 is 2.42 bits per heavy atom. The first-order valence-corrected chi connectivity index (χ1v) is 5.20. The summed E-state index contributed by atoms with van der Waals surface area (Å²) in [5.74, 6) is 0. The van der Waals surface area contributed by atoms with E-state index >= 15 is 0 Å². The van der Waals surface area contributed by atoms with Gasteiger partial charge < -0.3 is 5.32 Å². The maximum atomic E-state index is 3.32. The number of nitrogens with one attached hydrogen (secondary N) is 1. The second-order valence-electron chi connectivity index (χ2n) is 3.12. The minimum absolute atomic E-state index is 1.03. The summed E-state index contributed by atoms with van der Waals surface area (Å²) in [6, 6.07) is 2.20. The predicted molar refractivity (Wildman–Crippen MR) is 54.5 cm³/mol. The van der Waals surface area contributed by atoms with Crippen LogP contribution in [0.3, 0.4) is 0 Å². The van der Waals surface area contributed by atoms with E-state index in [1.807, 2.05) is 11.3 Å². The van der Waals surface area contributed by atoms with Gasteiger partial charge in [-0.2, -0.15) is 0 Å². The third-order valence-electron chi connectivity index (χ3n) is 2.22. The van der Waals surface area contributed by atoms with E-state index in [1.165, 1.54) is 22.4 Å². The Morgan fingerprint density at radius 3 is 3.00 bits per heavy atom. The molecule has 1 aliphatic rings. The van der Waals surface area contributed by atoms with Crippen LogP contribution < -0.4 is 5.32 Å². The number of hydrogen-bond donors (Lipinski definition) is 1. The predicted octanol–water partition coefficient (Wildman–Crippen LogP) is 2.43. The van der Waals surface area contributed by atoms with Crippen molar-refractivity contribution in [2.45, 2.75) is 13.3 Å². The first-order chi connectivity index (χ1) is 5.88. The minimum atomic E-state index is 1.03. The summed E-state index contributed by atoms with van der Waals surface area (Å²) >= 11 is 1.86. The zero-order valence-corrected chi connectivity index (χ0v) is 8.08. The highest BCUT2D eigenvalue weighted by Crippen LogP contribution is 2.27. The van der Waals surface area contributed by atoms with Crippen molar-refractivity contribution in [3.05, 3.63) is 28.0 Å². The summed E-state index contributed by atoms with van der Waals surface area (Å²) < 4.78 is 0. The summed E-state index contributed by atoms with van der Waals surface area (Å²) in [6.45, 7) is 4.35. The summed E-state index contributed by atoms with van der Waals surface area (Å²) in [6.07, 6.45) is 3.49. The van der Waals surface area contributed by atoms with Crippen LogP contribution in [0.4, 0.5) is 0 Å². The second kappa shape index (κ2) is 3.42. The van der Waals surface area contributed by atoms with Crippen LogP contribution in [-0.4, -0.2) is 13.1 Å². The van der Waals surface area contributed by atoms with Gasteiger partial charge in [0.2, 0.25) is 0 Å². The van der Waals surface area contributed by atoms with E-state index in [0.29, 0.717) is 0 Å². The van der Waals surface area contributed by atoms with Crippen LogP contribution >= 0.6 is 11.3 Å². The standard InChI is InChI=1S/C10H13NS/c1-8-4-7-12-10(8)9-2-5-11-6-3-9/h2,4,7,11H,3,5-6H2,1H3. The zero-order valence-electron chi connectivity index (χ0n) is 7.26. The van der Waals surface area contributed by atoms with Crippen molar-refractivity contribution >= 4 is 16.9 Å². The number of hydrogen-bond acceptors (Lipinski definition) is 2. The van der Waals surface area contributed by atoms with E-state index in [-0.39, 0.29) is 0 Å². The highest BCUT2D eigenvalue weighted by Gasteiger charge is 2.08. The van der Waals surface area contributed by atoms with E-state index in [0.717, 1.165) is 13.1 Å². The van der Waals surface area contributed by atoms with Crippen molar-refractivity contribution in [2.24, 2.45) is 0 Å². The van der Waals surface area contributed by atoms with E-state index in [2.05, 4.69) is 29.8 Å². The van der Waals surface area contributed by atoms with Crippen molar-refractivity contribution in [1.29, 1.82) is 0 Å². The topological polar surface area (TPSA) is 12.0 Å². The molecule has 1 nitrogen and oxygen atoms in total. The molecule has 1 aliphatic heterocycles. The summed E-state index contributed by atoms with van der Waals surface area (Å²) in [4.78, 5) is 1.48. The molecule has 1 aromatic heterocycles. The van der Waals surface area contributed by atoms with Crippen LogP contribution in [0.1, 0.15) is 16.9 Å². The van der Waals surface area contributed by atoms with E-state index in [4.69, 9.17) is 0 Å².